The van der Waals surface area contributed by atoms with Gasteiger partial charge in [-0.2, -0.15) is 0 Å². The molecule has 1 aromatic carbocycles. The van der Waals surface area contributed by atoms with Gasteiger partial charge < -0.3 is 10.2 Å². The average Bonchev–Trinajstić information content (AvgIpc) is 2.35. The predicted molar refractivity (Wildman–Crippen MR) is 73.7 cm³/mol. The molecule has 0 bridgehead atoms. The van der Waals surface area contributed by atoms with Crippen LogP contribution < -0.4 is 5.32 Å². The van der Waals surface area contributed by atoms with E-state index in [1.807, 2.05) is 0 Å². The quantitative estimate of drug-likeness (QED) is 0.907. The lowest BCUT2D eigenvalue weighted by molar-refractivity contribution is 0.0685. The van der Waals surface area contributed by atoms with Crippen molar-refractivity contribution in [2.75, 3.05) is 31.5 Å². The van der Waals surface area contributed by atoms with Gasteiger partial charge in [0.25, 0.3) is 0 Å². The lowest BCUT2D eigenvalue weighted by Gasteiger charge is -2.44. The number of rotatable bonds is 4. The number of benzene rings is 1. The van der Waals surface area contributed by atoms with Gasteiger partial charge in [-0.25, -0.2) is 9.18 Å². The number of urea groups is 1. The SMILES string of the molecule is CCN(CC)C1CN(C(=O)Nc2ccc(F)cc2)C1. The third-order valence-corrected chi connectivity index (χ3v) is 3.57. The Morgan fingerprint density at radius 2 is 1.89 bits per heavy atom. The number of halogens is 1. The molecule has 1 aliphatic heterocycles. The number of carbonyl (C=O) groups is 1. The molecule has 1 N–H and O–H groups in total. The summed E-state index contributed by atoms with van der Waals surface area (Å²) in [6, 6.07) is 6.16. The summed E-state index contributed by atoms with van der Waals surface area (Å²) in [4.78, 5) is 16.0. The van der Waals surface area contributed by atoms with E-state index in [0.717, 1.165) is 26.2 Å². The molecular weight excluding hydrogens is 245 g/mol. The van der Waals surface area contributed by atoms with Crippen molar-refractivity contribution in [3.05, 3.63) is 30.1 Å². The summed E-state index contributed by atoms with van der Waals surface area (Å²) < 4.78 is 12.7. The Bertz CT molecular complexity index is 425. The van der Waals surface area contributed by atoms with Crippen molar-refractivity contribution in [2.24, 2.45) is 0 Å². The first-order valence-corrected chi connectivity index (χ1v) is 6.69. The monoisotopic (exact) mass is 265 g/mol. The highest BCUT2D eigenvalue weighted by atomic mass is 19.1. The number of likely N-dealkylation sites (tertiary alicyclic amines) is 1. The van der Waals surface area contributed by atoms with E-state index < -0.39 is 0 Å². The highest BCUT2D eigenvalue weighted by Crippen LogP contribution is 2.17. The van der Waals surface area contributed by atoms with E-state index in [1.165, 1.54) is 12.1 Å². The molecule has 0 aliphatic carbocycles. The van der Waals surface area contributed by atoms with E-state index in [4.69, 9.17) is 0 Å². The third kappa shape index (κ3) is 3.23. The molecule has 1 aromatic rings. The van der Waals surface area contributed by atoms with Crippen molar-refractivity contribution in [1.82, 2.24) is 9.80 Å². The molecule has 0 radical (unpaired) electrons. The zero-order valence-corrected chi connectivity index (χ0v) is 11.4. The van der Waals surface area contributed by atoms with Gasteiger partial charge in [-0.1, -0.05) is 13.8 Å². The summed E-state index contributed by atoms with van der Waals surface area (Å²) in [6.07, 6.45) is 0. The standard InChI is InChI=1S/C14H20FN3O/c1-3-17(4-2)13-9-18(10-13)14(19)16-12-7-5-11(15)6-8-12/h5-8,13H,3-4,9-10H2,1-2H3,(H,16,19). The van der Waals surface area contributed by atoms with Crippen LogP contribution in [0.15, 0.2) is 24.3 Å². The molecule has 0 aromatic heterocycles. The van der Waals surface area contributed by atoms with E-state index in [1.54, 1.807) is 17.0 Å². The number of hydrogen-bond acceptors (Lipinski definition) is 2. The minimum atomic E-state index is -0.302. The number of likely N-dealkylation sites (N-methyl/N-ethyl adjacent to an activating group) is 1. The van der Waals surface area contributed by atoms with E-state index in [2.05, 4.69) is 24.1 Å². The van der Waals surface area contributed by atoms with Crippen LogP contribution in [0.5, 0.6) is 0 Å². The smallest absolute Gasteiger partial charge is 0.321 e. The molecule has 1 heterocycles. The largest absolute Gasteiger partial charge is 0.321 e. The summed E-state index contributed by atoms with van der Waals surface area (Å²) >= 11 is 0. The van der Waals surface area contributed by atoms with E-state index in [-0.39, 0.29) is 11.8 Å². The molecule has 0 spiro atoms. The van der Waals surface area contributed by atoms with E-state index >= 15 is 0 Å². The Labute approximate surface area is 113 Å². The third-order valence-electron chi connectivity index (χ3n) is 3.57. The van der Waals surface area contributed by atoms with Gasteiger partial charge in [0.15, 0.2) is 0 Å². The number of nitrogens with one attached hydrogen (secondary N) is 1. The van der Waals surface area contributed by atoms with Crippen LogP contribution in [0.3, 0.4) is 0 Å². The van der Waals surface area contributed by atoms with Crippen molar-refractivity contribution >= 4 is 11.7 Å². The lowest BCUT2D eigenvalue weighted by Crippen LogP contribution is -2.61. The van der Waals surface area contributed by atoms with E-state index in [9.17, 15) is 9.18 Å². The molecule has 1 saturated heterocycles. The molecule has 2 rings (SSSR count). The summed E-state index contributed by atoms with van der Waals surface area (Å²) in [6.45, 7) is 7.79. The first kappa shape index (κ1) is 13.8. The van der Waals surface area contributed by atoms with Crippen molar-refractivity contribution < 1.29 is 9.18 Å². The number of amides is 2. The molecule has 104 valence electrons. The maximum Gasteiger partial charge on any atom is 0.321 e. The van der Waals surface area contributed by atoms with Crippen LogP contribution in [0.4, 0.5) is 14.9 Å². The second-order valence-corrected chi connectivity index (χ2v) is 4.72. The number of nitrogens with zero attached hydrogens (tertiary/aromatic N) is 2. The molecule has 1 aliphatic rings. The van der Waals surface area contributed by atoms with Gasteiger partial charge in [0.1, 0.15) is 5.82 Å². The Kier molecular flexibility index (Phi) is 4.37. The van der Waals surface area contributed by atoms with Crippen molar-refractivity contribution in [3.63, 3.8) is 0 Å². The maximum atomic E-state index is 12.7. The number of carbonyl (C=O) groups excluding carboxylic acids is 1. The molecule has 19 heavy (non-hydrogen) atoms. The average molecular weight is 265 g/mol. The zero-order chi connectivity index (χ0) is 13.8. The summed E-state index contributed by atoms with van der Waals surface area (Å²) in [5.41, 5.74) is 0.623. The van der Waals surface area contributed by atoms with Crippen LogP contribution in [-0.4, -0.2) is 48.1 Å². The van der Waals surface area contributed by atoms with Gasteiger partial charge in [0.2, 0.25) is 0 Å². The normalized spacial score (nSPS) is 15.5. The van der Waals surface area contributed by atoms with Crippen LogP contribution in [0.2, 0.25) is 0 Å². The fourth-order valence-electron chi connectivity index (χ4n) is 2.33. The number of anilines is 1. The summed E-state index contributed by atoms with van der Waals surface area (Å²) in [5.74, 6) is -0.302. The Morgan fingerprint density at radius 1 is 1.32 bits per heavy atom. The highest BCUT2D eigenvalue weighted by molar-refractivity contribution is 5.89. The molecular formula is C14H20FN3O. The molecule has 5 heteroatoms. The zero-order valence-electron chi connectivity index (χ0n) is 11.4. The van der Waals surface area contributed by atoms with Crippen molar-refractivity contribution in [3.8, 4) is 0 Å². The van der Waals surface area contributed by atoms with Gasteiger partial charge in [-0.3, -0.25) is 4.90 Å². The molecule has 0 unspecified atom stereocenters. The lowest BCUT2D eigenvalue weighted by atomic mass is 10.1. The first-order chi connectivity index (χ1) is 9.13. The van der Waals surface area contributed by atoms with Crippen LogP contribution in [-0.2, 0) is 0 Å². The van der Waals surface area contributed by atoms with Crippen molar-refractivity contribution in [2.45, 2.75) is 19.9 Å². The number of hydrogen-bond donors (Lipinski definition) is 1. The van der Waals surface area contributed by atoms with Crippen LogP contribution in [0.25, 0.3) is 0 Å². The summed E-state index contributed by atoms with van der Waals surface area (Å²) in [7, 11) is 0. The topological polar surface area (TPSA) is 35.6 Å². The van der Waals surface area contributed by atoms with Crippen LogP contribution in [0.1, 0.15) is 13.8 Å². The second-order valence-electron chi connectivity index (χ2n) is 4.72. The Morgan fingerprint density at radius 3 is 2.42 bits per heavy atom. The van der Waals surface area contributed by atoms with Gasteiger partial charge in [-0.15, -0.1) is 0 Å². The molecule has 2 amide bonds. The molecule has 0 saturated carbocycles. The molecule has 1 fully saturated rings. The molecule has 0 atom stereocenters. The minimum Gasteiger partial charge on any atom is -0.321 e. The fourth-order valence-corrected chi connectivity index (χ4v) is 2.33. The van der Waals surface area contributed by atoms with Gasteiger partial charge in [0.05, 0.1) is 0 Å². The maximum absolute atomic E-state index is 12.7. The van der Waals surface area contributed by atoms with Crippen LogP contribution in [0, 0.1) is 5.82 Å². The van der Waals surface area contributed by atoms with Crippen LogP contribution >= 0.6 is 0 Å². The highest BCUT2D eigenvalue weighted by Gasteiger charge is 2.33. The minimum absolute atomic E-state index is 0.116. The van der Waals surface area contributed by atoms with Gasteiger partial charge in [-0.05, 0) is 37.4 Å². The van der Waals surface area contributed by atoms with Crippen molar-refractivity contribution in [1.29, 1.82) is 0 Å². The predicted octanol–water partition coefficient (Wildman–Crippen LogP) is 2.38. The fraction of sp³-hybridized carbons (Fsp3) is 0.500. The van der Waals surface area contributed by atoms with E-state index in [0.29, 0.717) is 11.7 Å². The first-order valence-electron chi connectivity index (χ1n) is 6.69. The van der Waals surface area contributed by atoms with Gasteiger partial charge in [0, 0.05) is 24.8 Å². The Balaban J connectivity index is 1.82. The molecule has 4 nitrogen and oxygen atoms in total. The second kappa shape index (κ2) is 6.02. The van der Waals surface area contributed by atoms with Gasteiger partial charge >= 0.3 is 6.03 Å². The Hall–Kier alpha value is -1.62. The summed E-state index contributed by atoms with van der Waals surface area (Å²) in [5, 5.41) is 2.77.